The molecule has 2 aliphatic rings. The van der Waals surface area contributed by atoms with Crippen LogP contribution in [-0.2, 0) is 0 Å². The van der Waals surface area contributed by atoms with Gasteiger partial charge in [-0.1, -0.05) is 6.07 Å². The lowest BCUT2D eigenvalue weighted by molar-refractivity contribution is 0.0607. The molecule has 184 valence electrons. The van der Waals surface area contributed by atoms with Gasteiger partial charge < -0.3 is 20.1 Å². The molecule has 4 atom stereocenters. The normalized spacial score (nSPS) is 25.8. The minimum Gasteiger partial charge on any atom is -0.507 e. The number of ether oxygens (including phenoxy) is 1. The molecule has 0 unspecified atom stereocenters. The van der Waals surface area contributed by atoms with Gasteiger partial charge in [-0.2, -0.15) is 4.98 Å². The van der Waals surface area contributed by atoms with E-state index in [9.17, 15) is 9.50 Å². The van der Waals surface area contributed by atoms with Crippen LogP contribution in [0.1, 0.15) is 32.6 Å². The topological polar surface area (TPSA) is 109 Å². The van der Waals surface area contributed by atoms with Crippen LogP contribution in [0.4, 0.5) is 14.6 Å². The number of nitrogens with one attached hydrogen (secondary N) is 1. The molecule has 9 nitrogen and oxygen atoms in total. The highest BCUT2D eigenvalue weighted by molar-refractivity contribution is 5.71. The summed E-state index contributed by atoms with van der Waals surface area (Å²) < 4.78 is 34.4. The third kappa shape index (κ3) is 4.36. The zero-order chi connectivity index (χ0) is 24.7. The molecule has 2 saturated heterocycles. The Labute approximate surface area is 201 Å². The monoisotopic (exact) mass is 483 g/mol. The molecule has 4 heterocycles. The van der Waals surface area contributed by atoms with Gasteiger partial charge in [-0.05, 0) is 44.7 Å². The van der Waals surface area contributed by atoms with Crippen molar-refractivity contribution in [1.29, 1.82) is 0 Å². The Morgan fingerprint density at radius 3 is 2.77 bits per heavy atom. The molecular weight excluding hydrogens is 456 g/mol. The highest BCUT2D eigenvalue weighted by atomic mass is 19.1. The number of methoxy groups -OCH3 is 1. The molecule has 11 heteroatoms. The number of rotatable bonds is 5. The SMILES string of the molecule is COc1ncc(F)c(-c2ccc(-c3ncc(N(C)[C@H]4C[C@]5(C)CCC[C@H](N5)[C@H]4F)nn3)c(O)c2)n1. The molecule has 0 aliphatic carbocycles. The highest BCUT2D eigenvalue weighted by Gasteiger charge is 2.47. The van der Waals surface area contributed by atoms with Crippen molar-refractivity contribution in [3.8, 4) is 34.4 Å². The summed E-state index contributed by atoms with van der Waals surface area (Å²) in [6.45, 7) is 2.15. The fourth-order valence-corrected chi connectivity index (χ4v) is 5.14. The lowest BCUT2D eigenvalue weighted by atomic mass is 9.74. The summed E-state index contributed by atoms with van der Waals surface area (Å²) in [6.07, 6.45) is 5.05. The summed E-state index contributed by atoms with van der Waals surface area (Å²) in [5.41, 5.74) is 0.569. The van der Waals surface area contributed by atoms with Crippen LogP contribution in [0.15, 0.2) is 30.6 Å². The van der Waals surface area contributed by atoms with Crippen molar-refractivity contribution in [2.75, 3.05) is 19.1 Å². The Balaban J connectivity index is 1.37. The molecular formula is C24H27F2N7O2. The maximum atomic E-state index is 15.2. The number of fused-ring (bicyclic) bond motifs is 2. The van der Waals surface area contributed by atoms with Gasteiger partial charge in [0.2, 0.25) is 0 Å². The van der Waals surface area contributed by atoms with E-state index in [4.69, 9.17) is 4.74 Å². The Hall–Kier alpha value is -3.47. The Morgan fingerprint density at radius 2 is 2.06 bits per heavy atom. The summed E-state index contributed by atoms with van der Waals surface area (Å²) in [6, 6.07) is 4.04. The van der Waals surface area contributed by atoms with Crippen molar-refractivity contribution in [3.63, 3.8) is 0 Å². The van der Waals surface area contributed by atoms with Crippen LogP contribution in [-0.4, -0.2) is 68.2 Å². The zero-order valence-corrected chi connectivity index (χ0v) is 19.7. The number of piperidine rings is 2. The van der Waals surface area contributed by atoms with Gasteiger partial charge in [-0.25, -0.2) is 18.7 Å². The van der Waals surface area contributed by atoms with E-state index >= 15 is 4.39 Å². The van der Waals surface area contributed by atoms with Crippen LogP contribution in [0.3, 0.4) is 0 Å². The van der Waals surface area contributed by atoms with Crippen LogP contribution >= 0.6 is 0 Å². The minimum atomic E-state index is -1.02. The quantitative estimate of drug-likeness (QED) is 0.565. The van der Waals surface area contributed by atoms with Gasteiger partial charge in [0, 0.05) is 24.2 Å². The molecule has 0 radical (unpaired) electrons. The molecule has 5 rings (SSSR count). The van der Waals surface area contributed by atoms with Gasteiger partial charge in [0.05, 0.1) is 31.1 Å². The Kier molecular flexibility index (Phi) is 5.96. The summed E-state index contributed by atoms with van der Waals surface area (Å²) in [7, 11) is 3.19. The van der Waals surface area contributed by atoms with Gasteiger partial charge in [0.15, 0.2) is 17.5 Å². The van der Waals surface area contributed by atoms with E-state index in [0.29, 0.717) is 23.4 Å². The second-order valence-electron chi connectivity index (χ2n) is 9.46. The molecule has 2 fully saturated rings. The predicted molar refractivity (Wildman–Crippen MR) is 125 cm³/mol. The summed E-state index contributed by atoms with van der Waals surface area (Å²) in [5.74, 6) is -0.162. The summed E-state index contributed by atoms with van der Waals surface area (Å²) in [4.78, 5) is 13.9. The lowest BCUT2D eigenvalue weighted by Gasteiger charge is -2.51. The van der Waals surface area contributed by atoms with Gasteiger partial charge in [-0.3, -0.25) is 0 Å². The van der Waals surface area contributed by atoms with E-state index in [2.05, 4.69) is 37.4 Å². The van der Waals surface area contributed by atoms with E-state index in [1.54, 1.807) is 17.0 Å². The Morgan fingerprint density at radius 1 is 1.23 bits per heavy atom. The van der Waals surface area contributed by atoms with E-state index in [1.165, 1.54) is 19.4 Å². The van der Waals surface area contributed by atoms with E-state index in [0.717, 1.165) is 25.5 Å². The molecule has 0 amide bonds. The fourth-order valence-electron chi connectivity index (χ4n) is 5.14. The predicted octanol–water partition coefficient (Wildman–Crippen LogP) is 3.30. The minimum absolute atomic E-state index is 0.00377. The molecule has 35 heavy (non-hydrogen) atoms. The number of phenols is 1. The van der Waals surface area contributed by atoms with Crippen LogP contribution in [0.5, 0.6) is 11.8 Å². The summed E-state index contributed by atoms with van der Waals surface area (Å²) >= 11 is 0. The lowest BCUT2D eigenvalue weighted by Crippen LogP contribution is -2.66. The van der Waals surface area contributed by atoms with E-state index in [-0.39, 0.29) is 40.9 Å². The van der Waals surface area contributed by atoms with E-state index < -0.39 is 12.0 Å². The number of nitrogens with zero attached hydrogens (tertiary/aromatic N) is 6. The van der Waals surface area contributed by atoms with Crippen molar-refractivity contribution in [1.82, 2.24) is 30.5 Å². The van der Waals surface area contributed by atoms with Crippen LogP contribution < -0.4 is 15.0 Å². The highest BCUT2D eigenvalue weighted by Crippen LogP contribution is 2.38. The van der Waals surface area contributed by atoms with Crippen LogP contribution in [0.2, 0.25) is 0 Å². The van der Waals surface area contributed by atoms with E-state index in [1.807, 2.05) is 7.05 Å². The van der Waals surface area contributed by atoms with Crippen molar-refractivity contribution in [3.05, 3.63) is 36.4 Å². The molecule has 0 spiro atoms. The maximum absolute atomic E-state index is 15.2. The second kappa shape index (κ2) is 8.95. The first kappa shape index (κ1) is 23.3. The number of anilines is 1. The molecule has 2 bridgehead atoms. The molecule has 1 aromatic carbocycles. The number of benzene rings is 1. The molecule has 0 saturated carbocycles. The number of phenolic OH excluding ortho intramolecular Hbond substituents is 1. The number of hydrogen-bond donors (Lipinski definition) is 2. The molecule has 2 N–H and O–H groups in total. The Bertz CT molecular complexity index is 1230. The van der Waals surface area contributed by atoms with Crippen LogP contribution in [0.25, 0.3) is 22.6 Å². The largest absolute Gasteiger partial charge is 0.507 e. The number of aromatic hydroxyl groups is 1. The van der Waals surface area contributed by atoms with Gasteiger partial charge in [-0.15, -0.1) is 10.2 Å². The third-order valence-electron chi connectivity index (χ3n) is 7.01. The second-order valence-corrected chi connectivity index (χ2v) is 9.46. The molecule has 3 aromatic rings. The number of halogens is 2. The first-order chi connectivity index (χ1) is 16.8. The van der Waals surface area contributed by atoms with Gasteiger partial charge in [0.25, 0.3) is 0 Å². The maximum Gasteiger partial charge on any atom is 0.316 e. The first-order valence-corrected chi connectivity index (χ1v) is 11.5. The van der Waals surface area contributed by atoms with Crippen molar-refractivity contribution >= 4 is 5.82 Å². The first-order valence-electron chi connectivity index (χ1n) is 11.5. The number of alkyl halides is 1. The number of hydrogen-bond acceptors (Lipinski definition) is 9. The third-order valence-corrected chi connectivity index (χ3v) is 7.01. The zero-order valence-electron chi connectivity index (χ0n) is 19.7. The molecule has 2 aliphatic heterocycles. The molecule has 2 aromatic heterocycles. The van der Waals surface area contributed by atoms with Crippen molar-refractivity contribution in [2.24, 2.45) is 0 Å². The average molecular weight is 484 g/mol. The standard InChI is InChI=1S/C24H27F2N7O2/c1-24-8-4-5-16(30-24)20(26)17(10-24)33(2)19-12-27-22(32-31-19)14-7-6-13(9-18(14)34)21-15(25)11-28-23(29-21)35-3/h6-7,9,11-12,16-17,20,30,34H,4-5,8,10H2,1-3H3/t16-,17-,20+,24-/m0/s1. The van der Waals surface area contributed by atoms with Crippen molar-refractivity contribution < 1.29 is 18.6 Å². The fraction of sp³-hybridized carbons (Fsp3) is 0.458. The van der Waals surface area contributed by atoms with Gasteiger partial charge >= 0.3 is 6.01 Å². The van der Waals surface area contributed by atoms with Crippen molar-refractivity contribution in [2.45, 2.75) is 56.4 Å². The van der Waals surface area contributed by atoms with Crippen LogP contribution in [0, 0.1) is 5.82 Å². The summed E-state index contributed by atoms with van der Waals surface area (Å²) in [5, 5.41) is 22.5. The average Bonchev–Trinajstić information content (AvgIpc) is 2.86. The number of aromatic nitrogens is 5. The van der Waals surface area contributed by atoms with Gasteiger partial charge in [0.1, 0.15) is 17.6 Å². The smallest absolute Gasteiger partial charge is 0.316 e.